The maximum absolute atomic E-state index is 13.8. The number of aromatic hydroxyl groups is 1. The lowest BCUT2D eigenvalue weighted by Crippen LogP contribution is -2.24. The van der Waals surface area contributed by atoms with Gasteiger partial charge in [0.1, 0.15) is 11.6 Å². The van der Waals surface area contributed by atoms with Crippen molar-refractivity contribution in [2.24, 2.45) is 0 Å². The summed E-state index contributed by atoms with van der Waals surface area (Å²) in [6.07, 6.45) is 0.164. The SMILES string of the molecule is CC(O)(Cc1ccc(Br)cc1F)c1ccc(O)cc1. The Morgan fingerprint density at radius 1 is 1.16 bits per heavy atom. The van der Waals surface area contributed by atoms with Crippen molar-refractivity contribution in [3.05, 3.63) is 63.9 Å². The lowest BCUT2D eigenvalue weighted by atomic mass is 9.89. The molecule has 19 heavy (non-hydrogen) atoms. The molecule has 0 bridgehead atoms. The average molecular weight is 325 g/mol. The molecule has 2 N–H and O–H groups in total. The molecule has 0 amide bonds. The molecule has 2 nitrogen and oxygen atoms in total. The fourth-order valence-corrected chi connectivity index (χ4v) is 2.29. The molecule has 1 atom stereocenters. The molecular weight excluding hydrogens is 311 g/mol. The van der Waals surface area contributed by atoms with Gasteiger partial charge in [-0.25, -0.2) is 4.39 Å². The Kier molecular flexibility index (Phi) is 3.92. The van der Waals surface area contributed by atoms with Crippen LogP contribution in [0.1, 0.15) is 18.1 Å². The first-order valence-corrected chi connectivity index (χ1v) is 6.63. The van der Waals surface area contributed by atoms with Gasteiger partial charge in [0.15, 0.2) is 0 Å². The number of hydrogen-bond donors (Lipinski definition) is 2. The van der Waals surface area contributed by atoms with Gasteiger partial charge in [-0.3, -0.25) is 0 Å². The maximum atomic E-state index is 13.8. The van der Waals surface area contributed by atoms with Gasteiger partial charge in [-0.05, 0) is 42.3 Å². The summed E-state index contributed by atoms with van der Waals surface area (Å²) >= 11 is 3.20. The van der Waals surface area contributed by atoms with E-state index in [-0.39, 0.29) is 18.0 Å². The number of hydrogen-bond acceptors (Lipinski definition) is 2. The van der Waals surface area contributed by atoms with Gasteiger partial charge in [-0.2, -0.15) is 0 Å². The van der Waals surface area contributed by atoms with Crippen LogP contribution in [-0.2, 0) is 12.0 Å². The molecule has 100 valence electrons. The van der Waals surface area contributed by atoms with Gasteiger partial charge in [0.25, 0.3) is 0 Å². The summed E-state index contributed by atoms with van der Waals surface area (Å²) in [6.45, 7) is 1.63. The van der Waals surface area contributed by atoms with E-state index in [4.69, 9.17) is 0 Å². The number of benzene rings is 2. The molecule has 0 aliphatic heterocycles. The van der Waals surface area contributed by atoms with Gasteiger partial charge in [0, 0.05) is 10.9 Å². The Morgan fingerprint density at radius 3 is 2.37 bits per heavy atom. The Balaban J connectivity index is 2.27. The van der Waals surface area contributed by atoms with Gasteiger partial charge in [0.05, 0.1) is 5.60 Å². The highest BCUT2D eigenvalue weighted by atomic mass is 79.9. The molecule has 0 fully saturated rings. The monoisotopic (exact) mass is 324 g/mol. The number of aliphatic hydroxyl groups is 1. The predicted molar refractivity (Wildman–Crippen MR) is 75.5 cm³/mol. The number of phenolic OH excluding ortho intramolecular Hbond substituents is 1. The lowest BCUT2D eigenvalue weighted by molar-refractivity contribution is 0.0566. The summed E-state index contributed by atoms with van der Waals surface area (Å²) in [5, 5.41) is 19.7. The highest BCUT2D eigenvalue weighted by Crippen LogP contribution is 2.28. The Labute approximate surface area is 119 Å². The Hall–Kier alpha value is -1.39. The molecule has 0 aliphatic rings. The van der Waals surface area contributed by atoms with Crippen molar-refractivity contribution < 1.29 is 14.6 Å². The van der Waals surface area contributed by atoms with Crippen molar-refractivity contribution in [2.45, 2.75) is 18.9 Å². The van der Waals surface area contributed by atoms with Gasteiger partial charge in [-0.15, -0.1) is 0 Å². The highest BCUT2D eigenvalue weighted by Gasteiger charge is 2.25. The number of phenols is 1. The van der Waals surface area contributed by atoms with Crippen molar-refractivity contribution in [3.63, 3.8) is 0 Å². The molecule has 2 aromatic rings. The van der Waals surface area contributed by atoms with E-state index in [1.165, 1.54) is 18.2 Å². The molecule has 0 aliphatic carbocycles. The first-order valence-electron chi connectivity index (χ1n) is 5.84. The minimum absolute atomic E-state index is 0.134. The average Bonchev–Trinajstić information content (AvgIpc) is 2.33. The fraction of sp³-hybridized carbons (Fsp3) is 0.200. The molecule has 2 rings (SSSR count). The van der Waals surface area contributed by atoms with E-state index in [2.05, 4.69) is 15.9 Å². The van der Waals surface area contributed by atoms with Crippen LogP contribution in [0.3, 0.4) is 0 Å². The highest BCUT2D eigenvalue weighted by molar-refractivity contribution is 9.10. The third kappa shape index (κ3) is 3.33. The molecule has 0 saturated heterocycles. The lowest BCUT2D eigenvalue weighted by Gasteiger charge is -2.24. The normalized spacial score (nSPS) is 14.1. The predicted octanol–water partition coefficient (Wildman–Crippen LogP) is 3.74. The first kappa shape index (κ1) is 14.0. The van der Waals surface area contributed by atoms with E-state index in [0.717, 1.165) is 0 Å². The van der Waals surface area contributed by atoms with Gasteiger partial charge in [-0.1, -0.05) is 34.1 Å². The van der Waals surface area contributed by atoms with Crippen LogP contribution in [-0.4, -0.2) is 10.2 Å². The summed E-state index contributed by atoms with van der Waals surface area (Å²) in [5.74, 6) is -0.220. The summed E-state index contributed by atoms with van der Waals surface area (Å²) in [4.78, 5) is 0. The zero-order valence-corrected chi connectivity index (χ0v) is 12.0. The van der Waals surface area contributed by atoms with E-state index in [1.807, 2.05) is 0 Å². The minimum Gasteiger partial charge on any atom is -0.508 e. The van der Waals surface area contributed by atoms with E-state index in [9.17, 15) is 14.6 Å². The molecular formula is C15H14BrFO2. The largest absolute Gasteiger partial charge is 0.508 e. The van der Waals surface area contributed by atoms with Crippen LogP contribution in [0.25, 0.3) is 0 Å². The molecule has 0 aromatic heterocycles. The smallest absolute Gasteiger partial charge is 0.127 e. The fourth-order valence-electron chi connectivity index (χ4n) is 1.96. The van der Waals surface area contributed by atoms with Crippen molar-refractivity contribution in [2.75, 3.05) is 0 Å². The Bertz CT molecular complexity index is 579. The second kappa shape index (κ2) is 5.31. The van der Waals surface area contributed by atoms with E-state index < -0.39 is 5.60 Å². The molecule has 2 aromatic carbocycles. The molecule has 0 saturated carbocycles. The van der Waals surface area contributed by atoms with Gasteiger partial charge in [0.2, 0.25) is 0 Å². The maximum Gasteiger partial charge on any atom is 0.127 e. The summed E-state index contributed by atoms with van der Waals surface area (Å²) in [6, 6.07) is 11.0. The first-order chi connectivity index (χ1) is 8.88. The van der Waals surface area contributed by atoms with Crippen LogP contribution in [0.15, 0.2) is 46.9 Å². The summed E-state index contributed by atoms with van der Waals surface area (Å²) in [7, 11) is 0. The summed E-state index contributed by atoms with van der Waals surface area (Å²) < 4.78 is 14.4. The van der Waals surface area contributed by atoms with Crippen LogP contribution < -0.4 is 0 Å². The standard InChI is InChI=1S/C15H14BrFO2/c1-15(19,11-3-6-13(18)7-4-11)9-10-2-5-12(16)8-14(10)17/h2-8,18-19H,9H2,1H3. The zero-order valence-electron chi connectivity index (χ0n) is 10.4. The van der Waals surface area contributed by atoms with Crippen LogP contribution in [0.2, 0.25) is 0 Å². The molecule has 4 heteroatoms. The third-order valence-electron chi connectivity index (χ3n) is 3.04. The van der Waals surface area contributed by atoms with E-state index in [1.54, 1.807) is 31.2 Å². The number of rotatable bonds is 3. The van der Waals surface area contributed by atoms with E-state index >= 15 is 0 Å². The van der Waals surface area contributed by atoms with Crippen molar-refractivity contribution in [3.8, 4) is 5.75 Å². The zero-order chi connectivity index (χ0) is 14.0. The van der Waals surface area contributed by atoms with Crippen LogP contribution >= 0.6 is 15.9 Å². The second-order valence-electron chi connectivity index (χ2n) is 4.73. The molecule has 0 spiro atoms. The molecule has 0 radical (unpaired) electrons. The topological polar surface area (TPSA) is 40.5 Å². The summed E-state index contributed by atoms with van der Waals surface area (Å²) in [5.41, 5.74) is -0.114. The second-order valence-corrected chi connectivity index (χ2v) is 5.65. The quantitative estimate of drug-likeness (QED) is 0.902. The van der Waals surface area contributed by atoms with Crippen LogP contribution in [0.4, 0.5) is 4.39 Å². The van der Waals surface area contributed by atoms with Crippen molar-refractivity contribution >= 4 is 15.9 Å². The minimum atomic E-state index is -1.19. The third-order valence-corrected chi connectivity index (χ3v) is 3.53. The number of halogens is 2. The van der Waals surface area contributed by atoms with Gasteiger partial charge < -0.3 is 10.2 Å². The van der Waals surface area contributed by atoms with Crippen molar-refractivity contribution in [1.82, 2.24) is 0 Å². The van der Waals surface area contributed by atoms with Crippen LogP contribution in [0.5, 0.6) is 5.75 Å². The molecule has 1 unspecified atom stereocenters. The Morgan fingerprint density at radius 2 is 1.79 bits per heavy atom. The van der Waals surface area contributed by atoms with E-state index in [0.29, 0.717) is 15.6 Å². The van der Waals surface area contributed by atoms with Crippen LogP contribution in [0, 0.1) is 5.82 Å². The van der Waals surface area contributed by atoms with Gasteiger partial charge >= 0.3 is 0 Å². The molecule has 0 heterocycles. The van der Waals surface area contributed by atoms with Crippen molar-refractivity contribution in [1.29, 1.82) is 0 Å².